The zero-order valence-electron chi connectivity index (χ0n) is 9.98. The zero-order valence-corrected chi connectivity index (χ0v) is 10.8. The van der Waals surface area contributed by atoms with E-state index >= 15 is 0 Å². The lowest BCUT2D eigenvalue weighted by atomic mass is 10.2. The fourth-order valence-electron chi connectivity index (χ4n) is 1.93. The molecule has 96 valence electrons. The molecule has 2 aromatic rings. The van der Waals surface area contributed by atoms with Crippen molar-refractivity contribution >= 4 is 15.9 Å². The van der Waals surface area contributed by atoms with Crippen LogP contribution in [0.15, 0.2) is 52.9 Å². The molecular weight excluding hydrogens is 262 g/mol. The molecule has 5 heteroatoms. The van der Waals surface area contributed by atoms with Crippen molar-refractivity contribution in [3.8, 4) is 5.75 Å². The van der Waals surface area contributed by atoms with E-state index in [0.29, 0.717) is 22.8 Å². The van der Waals surface area contributed by atoms with Gasteiger partial charge in [0.1, 0.15) is 12.4 Å². The van der Waals surface area contributed by atoms with E-state index < -0.39 is 9.84 Å². The van der Waals surface area contributed by atoms with Gasteiger partial charge in [-0.15, -0.1) is 0 Å². The van der Waals surface area contributed by atoms with Gasteiger partial charge in [-0.2, -0.15) is 0 Å². The first kappa shape index (κ1) is 11.9. The summed E-state index contributed by atoms with van der Waals surface area (Å²) in [4.78, 5) is 4.45. The Hall–Kier alpha value is -2.14. The van der Waals surface area contributed by atoms with Crippen LogP contribution >= 0.6 is 0 Å². The van der Waals surface area contributed by atoms with Crippen LogP contribution in [0.4, 0.5) is 0 Å². The van der Waals surface area contributed by atoms with E-state index in [4.69, 9.17) is 4.74 Å². The third kappa shape index (κ3) is 2.24. The third-order valence-corrected chi connectivity index (χ3v) is 4.31. The van der Waals surface area contributed by atoms with Crippen LogP contribution in [0.2, 0.25) is 0 Å². The van der Waals surface area contributed by atoms with E-state index in [1.54, 1.807) is 30.5 Å². The molecule has 0 fully saturated rings. The van der Waals surface area contributed by atoms with E-state index in [9.17, 15) is 8.42 Å². The second-order valence-corrected chi connectivity index (χ2v) is 5.93. The van der Waals surface area contributed by atoms with Gasteiger partial charge < -0.3 is 4.74 Å². The van der Waals surface area contributed by atoms with Gasteiger partial charge in [-0.1, -0.05) is 12.1 Å². The highest BCUT2D eigenvalue weighted by atomic mass is 32.2. The van der Waals surface area contributed by atoms with Crippen molar-refractivity contribution in [3.63, 3.8) is 0 Å². The molecule has 0 saturated carbocycles. The molecule has 0 aliphatic carbocycles. The Bertz CT molecular complexity index is 737. The van der Waals surface area contributed by atoms with Crippen LogP contribution in [0.25, 0.3) is 6.08 Å². The molecule has 0 atom stereocenters. The SMILES string of the molecule is O=S1(=O)C=Cc2c(OCc3ccccn3)cccc21. The molecule has 1 aliphatic heterocycles. The van der Waals surface area contributed by atoms with Crippen molar-refractivity contribution in [2.24, 2.45) is 0 Å². The van der Waals surface area contributed by atoms with Gasteiger partial charge in [-0.05, 0) is 30.3 Å². The highest BCUT2D eigenvalue weighted by Gasteiger charge is 2.23. The van der Waals surface area contributed by atoms with Crippen molar-refractivity contribution in [2.45, 2.75) is 11.5 Å². The molecule has 0 bridgehead atoms. The maximum atomic E-state index is 11.7. The number of fused-ring (bicyclic) bond motifs is 1. The van der Waals surface area contributed by atoms with E-state index in [0.717, 1.165) is 5.69 Å². The number of hydrogen-bond acceptors (Lipinski definition) is 4. The van der Waals surface area contributed by atoms with Crippen molar-refractivity contribution in [1.29, 1.82) is 0 Å². The summed E-state index contributed by atoms with van der Waals surface area (Å²) < 4.78 is 29.1. The average molecular weight is 273 g/mol. The van der Waals surface area contributed by atoms with E-state index in [1.165, 1.54) is 5.41 Å². The quantitative estimate of drug-likeness (QED) is 0.861. The lowest BCUT2D eigenvalue weighted by Gasteiger charge is -2.09. The van der Waals surface area contributed by atoms with Gasteiger partial charge in [0.05, 0.1) is 10.6 Å². The second-order valence-electron chi connectivity index (χ2n) is 4.13. The number of sulfone groups is 1. The van der Waals surface area contributed by atoms with Crippen LogP contribution in [0, 0.1) is 0 Å². The van der Waals surface area contributed by atoms with Crippen LogP contribution < -0.4 is 4.74 Å². The zero-order chi connectivity index (χ0) is 13.3. The number of aromatic nitrogens is 1. The van der Waals surface area contributed by atoms with Crippen molar-refractivity contribution < 1.29 is 13.2 Å². The van der Waals surface area contributed by atoms with Gasteiger partial charge in [0.15, 0.2) is 0 Å². The summed E-state index contributed by atoms with van der Waals surface area (Å²) in [5.41, 5.74) is 1.41. The number of pyridine rings is 1. The van der Waals surface area contributed by atoms with E-state index in [1.807, 2.05) is 18.2 Å². The Labute approximate surface area is 111 Å². The summed E-state index contributed by atoms with van der Waals surface area (Å²) in [6, 6.07) is 10.6. The standard InChI is InChI=1S/C14H11NO3S/c16-19(17)9-7-12-13(5-3-6-14(12)19)18-10-11-4-1-2-8-15-11/h1-9H,10H2. The molecule has 0 radical (unpaired) electrons. The number of rotatable bonds is 3. The first-order chi connectivity index (χ1) is 9.17. The Morgan fingerprint density at radius 3 is 2.79 bits per heavy atom. The normalized spacial score (nSPS) is 15.2. The molecule has 4 nitrogen and oxygen atoms in total. The molecule has 2 heterocycles. The minimum Gasteiger partial charge on any atom is -0.487 e. The minimum atomic E-state index is -3.29. The predicted octanol–water partition coefficient (Wildman–Crippen LogP) is 2.42. The lowest BCUT2D eigenvalue weighted by Crippen LogP contribution is -2.00. The molecule has 0 saturated heterocycles. The molecule has 3 rings (SSSR count). The van der Waals surface area contributed by atoms with Crippen molar-refractivity contribution in [3.05, 3.63) is 59.3 Å². The van der Waals surface area contributed by atoms with Crippen LogP contribution in [0.1, 0.15) is 11.3 Å². The molecule has 1 aromatic carbocycles. The lowest BCUT2D eigenvalue weighted by molar-refractivity contribution is 0.300. The molecule has 0 unspecified atom stereocenters. The summed E-state index contributed by atoms with van der Waals surface area (Å²) in [6.45, 7) is 0.311. The summed E-state index contributed by atoms with van der Waals surface area (Å²) in [5, 5.41) is 1.20. The minimum absolute atomic E-state index is 0.297. The second kappa shape index (κ2) is 4.51. The number of nitrogens with zero attached hydrogens (tertiary/aromatic N) is 1. The maximum absolute atomic E-state index is 11.7. The van der Waals surface area contributed by atoms with Crippen LogP contribution in [0.5, 0.6) is 5.75 Å². The first-order valence-corrected chi connectivity index (χ1v) is 7.30. The van der Waals surface area contributed by atoms with Gasteiger partial charge in [0.2, 0.25) is 9.84 Å². The highest BCUT2D eigenvalue weighted by molar-refractivity contribution is 7.94. The smallest absolute Gasteiger partial charge is 0.200 e. The van der Waals surface area contributed by atoms with Gasteiger partial charge in [0.25, 0.3) is 0 Å². The Morgan fingerprint density at radius 2 is 2.00 bits per heavy atom. The summed E-state index contributed by atoms with van der Waals surface area (Å²) in [7, 11) is -3.29. The largest absolute Gasteiger partial charge is 0.487 e. The molecule has 0 N–H and O–H groups in total. The van der Waals surface area contributed by atoms with Crippen LogP contribution in [-0.4, -0.2) is 13.4 Å². The summed E-state index contributed by atoms with van der Waals surface area (Å²) in [5.74, 6) is 0.556. The monoisotopic (exact) mass is 273 g/mol. The summed E-state index contributed by atoms with van der Waals surface area (Å²) in [6.07, 6.45) is 3.26. The van der Waals surface area contributed by atoms with Crippen molar-refractivity contribution in [1.82, 2.24) is 4.98 Å². The first-order valence-electron chi connectivity index (χ1n) is 5.76. The van der Waals surface area contributed by atoms with E-state index in [2.05, 4.69) is 4.98 Å². The van der Waals surface area contributed by atoms with Crippen molar-refractivity contribution in [2.75, 3.05) is 0 Å². The number of benzene rings is 1. The van der Waals surface area contributed by atoms with Crippen LogP contribution in [0.3, 0.4) is 0 Å². The fourth-order valence-corrected chi connectivity index (χ4v) is 3.13. The third-order valence-electron chi connectivity index (χ3n) is 2.85. The van der Waals surface area contributed by atoms with Gasteiger partial charge in [-0.25, -0.2) is 8.42 Å². The molecule has 0 spiro atoms. The molecule has 0 amide bonds. The average Bonchev–Trinajstić information content (AvgIpc) is 2.74. The van der Waals surface area contributed by atoms with Gasteiger partial charge in [-0.3, -0.25) is 4.98 Å². The van der Waals surface area contributed by atoms with Gasteiger partial charge in [0, 0.05) is 17.2 Å². The molecule has 1 aliphatic rings. The summed E-state index contributed by atoms with van der Waals surface area (Å²) >= 11 is 0. The van der Waals surface area contributed by atoms with Crippen LogP contribution in [-0.2, 0) is 16.4 Å². The number of hydrogen-bond donors (Lipinski definition) is 0. The topological polar surface area (TPSA) is 56.3 Å². The van der Waals surface area contributed by atoms with E-state index in [-0.39, 0.29) is 0 Å². The molecule has 19 heavy (non-hydrogen) atoms. The maximum Gasteiger partial charge on any atom is 0.200 e. The van der Waals surface area contributed by atoms with Gasteiger partial charge >= 0.3 is 0 Å². The Balaban J connectivity index is 1.88. The predicted molar refractivity (Wildman–Crippen MR) is 71.2 cm³/mol. The molecule has 1 aromatic heterocycles. The Kier molecular flexibility index (Phi) is 2.83. The molecular formula is C14H11NO3S. The number of ether oxygens (including phenoxy) is 1. The highest BCUT2D eigenvalue weighted by Crippen LogP contribution is 2.33. The fraction of sp³-hybridized carbons (Fsp3) is 0.0714. The Morgan fingerprint density at radius 1 is 1.11 bits per heavy atom.